The standard InChI is InChI=1S/C11H8BrClFN3O/c12-7-1-2-8(14)6(3-7)4-15-10-9(13)11(18)17-5-16-10/h1-3,5H,4H2,(H2,15,16,17,18). The molecule has 0 unspecified atom stereocenters. The summed E-state index contributed by atoms with van der Waals surface area (Å²) in [5.74, 6) is -0.119. The van der Waals surface area contributed by atoms with E-state index in [0.717, 1.165) is 4.47 Å². The average Bonchev–Trinajstić information content (AvgIpc) is 2.35. The molecule has 0 saturated carbocycles. The molecule has 94 valence electrons. The number of anilines is 1. The zero-order valence-electron chi connectivity index (χ0n) is 9.01. The summed E-state index contributed by atoms with van der Waals surface area (Å²) < 4.78 is 14.2. The van der Waals surface area contributed by atoms with Gasteiger partial charge in [-0.1, -0.05) is 27.5 Å². The first-order valence-corrected chi connectivity index (χ1v) is 6.16. The predicted octanol–water partition coefficient (Wildman–Crippen LogP) is 2.94. The second-order valence-corrected chi connectivity index (χ2v) is 4.78. The van der Waals surface area contributed by atoms with E-state index in [4.69, 9.17) is 11.6 Å². The van der Waals surface area contributed by atoms with Crippen LogP contribution in [0.5, 0.6) is 0 Å². The van der Waals surface area contributed by atoms with Crippen LogP contribution in [0.25, 0.3) is 0 Å². The van der Waals surface area contributed by atoms with Gasteiger partial charge in [0.15, 0.2) is 5.82 Å². The van der Waals surface area contributed by atoms with Gasteiger partial charge in [0, 0.05) is 16.6 Å². The van der Waals surface area contributed by atoms with E-state index in [1.165, 1.54) is 12.4 Å². The van der Waals surface area contributed by atoms with Gasteiger partial charge < -0.3 is 10.3 Å². The molecule has 2 aromatic rings. The maximum atomic E-state index is 13.5. The van der Waals surface area contributed by atoms with Gasteiger partial charge >= 0.3 is 0 Å². The van der Waals surface area contributed by atoms with Gasteiger partial charge in [0.05, 0.1) is 6.33 Å². The first kappa shape index (κ1) is 13.0. The SMILES string of the molecule is O=c1[nH]cnc(NCc2cc(Br)ccc2F)c1Cl. The van der Waals surface area contributed by atoms with E-state index in [9.17, 15) is 9.18 Å². The molecule has 1 heterocycles. The highest BCUT2D eigenvalue weighted by Crippen LogP contribution is 2.18. The molecule has 0 amide bonds. The van der Waals surface area contributed by atoms with Crippen LogP contribution >= 0.6 is 27.5 Å². The molecule has 0 radical (unpaired) electrons. The van der Waals surface area contributed by atoms with Crippen molar-refractivity contribution >= 4 is 33.3 Å². The molecule has 2 rings (SSSR count). The molecular weight excluding hydrogens is 324 g/mol. The first-order valence-electron chi connectivity index (χ1n) is 4.99. The Balaban J connectivity index is 2.19. The van der Waals surface area contributed by atoms with E-state index in [1.807, 2.05) is 0 Å². The van der Waals surface area contributed by atoms with Crippen molar-refractivity contribution in [1.29, 1.82) is 0 Å². The summed E-state index contributed by atoms with van der Waals surface area (Å²) in [7, 11) is 0. The molecule has 0 saturated heterocycles. The van der Waals surface area contributed by atoms with Gasteiger partial charge in [0.25, 0.3) is 5.56 Å². The van der Waals surface area contributed by atoms with E-state index in [-0.39, 0.29) is 23.2 Å². The van der Waals surface area contributed by atoms with Crippen molar-refractivity contribution in [2.24, 2.45) is 0 Å². The minimum absolute atomic E-state index is 0.0482. The number of nitrogens with one attached hydrogen (secondary N) is 2. The molecule has 0 atom stereocenters. The number of halogens is 3. The van der Waals surface area contributed by atoms with Crippen LogP contribution in [0.15, 0.2) is 33.8 Å². The number of hydrogen-bond acceptors (Lipinski definition) is 3. The van der Waals surface area contributed by atoms with Gasteiger partial charge in [-0.25, -0.2) is 9.37 Å². The highest BCUT2D eigenvalue weighted by Gasteiger charge is 2.07. The van der Waals surface area contributed by atoms with Crippen LogP contribution in [-0.4, -0.2) is 9.97 Å². The van der Waals surface area contributed by atoms with Crippen LogP contribution in [-0.2, 0) is 6.54 Å². The third-order valence-electron chi connectivity index (χ3n) is 2.25. The maximum absolute atomic E-state index is 13.5. The molecule has 7 heteroatoms. The summed E-state index contributed by atoms with van der Waals surface area (Å²) >= 11 is 9.02. The number of aromatic nitrogens is 2. The monoisotopic (exact) mass is 331 g/mol. The molecule has 18 heavy (non-hydrogen) atoms. The molecule has 0 aliphatic heterocycles. The molecule has 0 fully saturated rings. The summed E-state index contributed by atoms with van der Waals surface area (Å²) in [6, 6.07) is 4.61. The van der Waals surface area contributed by atoms with Crippen molar-refractivity contribution in [2.75, 3.05) is 5.32 Å². The zero-order chi connectivity index (χ0) is 13.1. The van der Waals surface area contributed by atoms with Crippen LogP contribution < -0.4 is 10.9 Å². The summed E-state index contributed by atoms with van der Waals surface area (Å²) in [4.78, 5) is 17.4. The number of aromatic amines is 1. The second-order valence-electron chi connectivity index (χ2n) is 3.48. The van der Waals surface area contributed by atoms with Crippen LogP contribution in [0.4, 0.5) is 10.2 Å². The Kier molecular flexibility index (Phi) is 3.98. The number of nitrogens with zero attached hydrogens (tertiary/aromatic N) is 1. The largest absolute Gasteiger partial charge is 0.364 e. The third-order valence-corrected chi connectivity index (χ3v) is 3.09. The van der Waals surface area contributed by atoms with Gasteiger partial charge in [-0.3, -0.25) is 4.79 Å². The normalized spacial score (nSPS) is 10.4. The Labute approximate surface area is 115 Å². The number of benzene rings is 1. The van der Waals surface area contributed by atoms with Gasteiger partial charge in [0.1, 0.15) is 10.8 Å². The van der Waals surface area contributed by atoms with E-state index in [2.05, 4.69) is 31.2 Å². The fourth-order valence-electron chi connectivity index (χ4n) is 1.36. The predicted molar refractivity (Wildman–Crippen MR) is 71.3 cm³/mol. The van der Waals surface area contributed by atoms with Gasteiger partial charge in [-0.2, -0.15) is 0 Å². The lowest BCUT2D eigenvalue weighted by Crippen LogP contribution is -2.12. The lowest BCUT2D eigenvalue weighted by molar-refractivity contribution is 0.612. The first-order chi connectivity index (χ1) is 8.58. The van der Waals surface area contributed by atoms with Gasteiger partial charge in [-0.05, 0) is 18.2 Å². The molecule has 2 N–H and O–H groups in total. The minimum Gasteiger partial charge on any atom is -0.364 e. The molecule has 0 bridgehead atoms. The summed E-state index contributed by atoms with van der Waals surface area (Å²) in [5.41, 5.74) is 0.00593. The van der Waals surface area contributed by atoms with Crippen LogP contribution in [0.3, 0.4) is 0 Å². The molecule has 1 aromatic carbocycles. The number of rotatable bonds is 3. The van der Waals surface area contributed by atoms with E-state index < -0.39 is 5.56 Å². The number of H-pyrrole nitrogens is 1. The fraction of sp³-hybridized carbons (Fsp3) is 0.0909. The average molecular weight is 333 g/mol. The number of hydrogen-bond donors (Lipinski definition) is 2. The Hall–Kier alpha value is -1.40. The Morgan fingerprint density at radius 3 is 3.06 bits per heavy atom. The molecular formula is C11H8BrClFN3O. The van der Waals surface area contributed by atoms with Crippen molar-refractivity contribution in [3.05, 3.63) is 55.8 Å². The van der Waals surface area contributed by atoms with Crippen LogP contribution in [0, 0.1) is 5.82 Å². The second kappa shape index (κ2) is 5.49. The van der Waals surface area contributed by atoms with Crippen molar-refractivity contribution in [2.45, 2.75) is 6.54 Å². The van der Waals surface area contributed by atoms with Crippen LogP contribution in [0.1, 0.15) is 5.56 Å². The van der Waals surface area contributed by atoms with Crippen LogP contribution in [0.2, 0.25) is 5.02 Å². The van der Waals surface area contributed by atoms with Gasteiger partial charge in [0.2, 0.25) is 0 Å². The Morgan fingerprint density at radius 1 is 1.50 bits per heavy atom. The molecule has 4 nitrogen and oxygen atoms in total. The van der Waals surface area contributed by atoms with Crippen molar-refractivity contribution < 1.29 is 4.39 Å². The topological polar surface area (TPSA) is 57.8 Å². The highest BCUT2D eigenvalue weighted by molar-refractivity contribution is 9.10. The van der Waals surface area contributed by atoms with Crippen molar-refractivity contribution in [3.63, 3.8) is 0 Å². The smallest absolute Gasteiger partial charge is 0.271 e. The Morgan fingerprint density at radius 2 is 2.28 bits per heavy atom. The maximum Gasteiger partial charge on any atom is 0.271 e. The molecule has 0 spiro atoms. The van der Waals surface area contributed by atoms with Crippen molar-refractivity contribution in [1.82, 2.24) is 9.97 Å². The van der Waals surface area contributed by atoms with E-state index in [0.29, 0.717) is 5.56 Å². The third kappa shape index (κ3) is 2.88. The van der Waals surface area contributed by atoms with E-state index >= 15 is 0 Å². The quantitative estimate of drug-likeness (QED) is 0.908. The molecule has 1 aromatic heterocycles. The Bertz CT molecular complexity index is 632. The van der Waals surface area contributed by atoms with Crippen molar-refractivity contribution in [3.8, 4) is 0 Å². The molecule has 0 aliphatic carbocycles. The highest BCUT2D eigenvalue weighted by atomic mass is 79.9. The van der Waals surface area contributed by atoms with E-state index in [1.54, 1.807) is 12.1 Å². The minimum atomic E-state index is -0.441. The molecule has 0 aliphatic rings. The lowest BCUT2D eigenvalue weighted by atomic mass is 10.2. The summed E-state index contributed by atoms with van der Waals surface area (Å²) in [6.45, 7) is 0.182. The van der Waals surface area contributed by atoms with Gasteiger partial charge in [-0.15, -0.1) is 0 Å². The summed E-state index contributed by atoms with van der Waals surface area (Å²) in [6.07, 6.45) is 1.23. The fourth-order valence-corrected chi connectivity index (χ4v) is 1.94. The lowest BCUT2D eigenvalue weighted by Gasteiger charge is -2.07. The summed E-state index contributed by atoms with van der Waals surface area (Å²) in [5, 5.41) is 2.77. The zero-order valence-corrected chi connectivity index (χ0v) is 11.3.